The average Bonchev–Trinajstić information content (AvgIpc) is 3.17. The molecule has 0 spiro atoms. The summed E-state index contributed by atoms with van der Waals surface area (Å²) >= 11 is 0. The number of carbonyl (C=O) groups is 1. The SMILES string of the molecule is O=C(c1cc(S(=O)(=O)Nc2cc(F)cc(F)c2)c[nH]1)N1CCCC1. The summed E-state index contributed by atoms with van der Waals surface area (Å²) in [6.07, 6.45) is 3.01. The Morgan fingerprint density at radius 2 is 1.71 bits per heavy atom. The van der Waals surface area contributed by atoms with E-state index in [0.717, 1.165) is 25.0 Å². The molecule has 0 aliphatic carbocycles. The average molecular weight is 355 g/mol. The summed E-state index contributed by atoms with van der Waals surface area (Å²) in [6.45, 7) is 1.28. The lowest BCUT2D eigenvalue weighted by atomic mass is 10.3. The minimum atomic E-state index is -4.07. The Kier molecular flexibility index (Phi) is 4.27. The number of carbonyl (C=O) groups excluding carboxylic acids is 1. The van der Waals surface area contributed by atoms with Crippen molar-refractivity contribution in [3.05, 3.63) is 47.8 Å². The van der Waals surface area contributed by atoms with E-state index < -0.39 is 21.7 Å². The normalized spacial score (nSPS) is 14.8. The quantitative estimate of drug-likeness (QED) is 0.883. The van der Waals surface area contributed by atoms with E-state index in [-0.39, 0.29) is 22.2 Å². The third kappa shape index (κ3) is 3.40. The lowest BCUT2D eigenvalue weighted by Gasteiger charge is -2.13. The number of H-pyrrole nitrogens is 1. The Labute approximate surface area is 137 Å². The van der Waals surface area contributed by atoms with E-state index in [1.165, 1.54) is 12.3 Å². The van der Waals surface area contributed by atoms with Crippen LogP contribution in [0.2, 0.25) is 0 Å². The number of benzene rings is 1. The fourth-order valence-corrected chi connectivity index (χ4v) is 3.60. The zero-order chi connectivity index (χ0) is 17.3. The predicted molar refractivity (Wildman–Crippen MR) is 83.1 cm³/mol. The third-order valence-corrected chi connectivity index (χ3v) is 5.07. The molecule has 3 rings (SSSR count). The second-order valence-corrected chi connectivity index (χ2v) is 7.19. The number of nitrogens with zero attached hydrogens (tertiary/aromatic N) is 1. The maximum atomic E-state index is 13.2. The van der Waals surface area contributed by atoms with Gasteiger partial charge in [-0.15, -0.1) is 0 Å². The van der Waals surface area contributed by atoms with E-state index >= 15 is 0 Å². The highest BCUT2D eigenvalue weighted by Crippen LogP contribution is 2.20. The Balaban J connectivity index is 1.81. The molecule has 24 heavy (non-hydrogen) atoms. The number of anilines is 1. The maximum absolute atomic E-state index is 13.2. The molecular weight excluding hydrogens is 340 g/mol. The van der Waals surface area contributed by atoms with Gasteiger partial charge < -0.3 is 9.88 Å². The van der Waals surface area contributed by atoms with Crippen molar-refractivity contribution in [2.45, 2.75) is 17.7 Å². The van der Waals surface area contributed by atoms with Crippen molar-refractivity contribution in [1.82, 2.24) is 9.88 Å². The van der Waals surface area contributed by atoms with E-state index in [1.807, 2.05) is 0 Å². The Hall–Kier alpha value is -2.42. The predicted octanol–water partition coefficient (Wildman–Crippen LogP) is 2.33. The van der Waals surface area contributed by atoms with Gasteiger partial charge in [0.25, 0.3) is 15.9 Å². The number of aromatic nitrogens is 1. The minimum Gasteiger partial charge on any atom is -0.356 e. The molecule has 1 aromatic heterocycles. The molecule has 1 fully saturated rings. The maximum Gasteiger partial charge on any atom is 0.270 e. The fraction of sp³-hybridized carbons (Fsp3) is 0.267. The van der Waals surface area contributed by atoms with Crippen LogP contribution in [-0.2, 0) is 10.0 Å². The number of aromatic amines is 1. The molecule has 0 saturated carbocycles. The van der Waals surface area contributed by atoms with Gasteiger partial charge in [0.2, 0.25) is 0 Å². The van der Waals surface area contributed by atoms with Gasteiger partial charge >= 0.3 is 0 Å². The van der Waals surface area contributed by atoms with Crippen LogP contribution in [0.3, 0.4) is 0 Å². The van der Waals surface area contributed by atoms with Crippen molar-refractivity contribution in [2.75, 3.05) is 17.8 Å². The summed E-state index contributed by atoms with van der Waals surface area (Å²) in [5.74, 6) is -2.07. The first-order chi connectivity index (χ1) is 11.3. The summed E-state index contributed by atoms with van der Waals surface area (Å²) in [5.41, 5.74) is -0.0798. The Bertz CT molecular complexity index is 854. The third-order valence-electron chi connectivity index (χ3n) is 3.71. The van der Waals surface area contributed by atoms with Crippen LogP contribution in [0.25, 0.3) is 0 Å². The number of likely N-dealkylation sites (tertiary alicyclic amines) is 1. The molecule has 2 aromatic rings. The van der Waals surface area contributed by atoms with Gasteiger partial charge in [0.05, 0.1) is 5.69 Å². The summed E-state index contributed by atoms with van der Waals surface area (Å²) in [7, 11) is -4.07. The molecule has 0 atom stereocenters. The molecule has 128 valence electrons. The van der Waals surface area contributed by atoms with Crippen molar-refractivity contribution >= 4 is 21.6 Å². The fourth-order valence-electron chi connectivity index (χ4n) is 2.57. The first-order valence-electron chi connectivity index (χ1n) is 7.32. The second kappa shape index (κ2) is 6.23. The molecule has 0 bridgehead atoms. The largest absolute Gasteiger partial charge is 0.356 e. The zero-order valence-electron chi connectivity index (χ0n) is 12.6. The van der Waals surface area contributed by atoms with Gasteiger partial charge in [-0.05, 0) is 31.0 Å². The van der Waals surface area contributed by atoms with E-state index in [0.29, 0.717) is 19.2 Å². The van der Waals surface area contributed by atoms with Crippen molar-refractivity contribution < 1.29 is 22.0 Å². The number of hydrogen-bond donors (Lipinski definition) is 2. The number of amides is 1. The molecule has 1 amide bonds. The van der Waals surface area contributed by atoms with Gasteiger partial charge in [-0.1, -0.05) is 0 Å². The number of halogens is 2. The number of hydrogen-bond acceptors (Lipinski definition) is 3. The van der Waals surface area contributed by atoms with Gasteiger partial charge in [0, 0.05) is 25.4 Å². The monoisotopic (exact) mass is 355 g/mol. The number of rotatable bonds is 4. The van der Waals surface area contributed by atoms with Crippen LogP contribution in [0.5, 0.6) is 0 Å². The van der Waals surface area contributed by atoms with Crippen molar-refractivity contribution in [3.63, 3.8) is 0 Å². The summed E-state index contributed by atoms with van der Waals surface area (Å²) in [5, 5.41) is 0. The van der Waals surface area contributed by atoms with Crippen LogP contribution in [0.1, 0.15) is 23.3 Å². The van der Waals surface area contributed by atoms with Gasteiger partial charge in [-0.2, -0.15) is 0 Å². The molecule has 0 unspecified atom stereocenters. The molecule has 0 radical (unpaired) electrons. The lowest BCUT2D eigenvalue weighted by Crippen LogP contribution is -2.27. The highest BCUT2D eigenvalue weighted by Gasteiger charge is 2.23. The van der Waals surface area contributed by atoms with E-state index in [1.54, 1.807) is 4.90 Å². The summed E-state index contributed by atoms with van der Waals surface area (Å²) < 4.78 is 53.0. The first kappa shape index (κ1) is 16.4. The van der Waals surface area contributed by atoms with Crippen molar-refractivity contribution in [1.29, 1.82) is 0 Å². The first-order valence-corrected chi connectivity index (χ1v) is 8.80. The topological polar surface area (TPSA) is 82.3 Å². The standard InChI is InChI=1S/C15H15F2N3O3S/c16-10-5-11(17)7-12(6-10)19-24(22,23)13-8-14(18-9-13)15(21)20-3-1-2-4-20/h5-9,18-19H,1-4H2. The van der Waals surface area contributed by atoms with Crippen molar-refractivity contribution in [2.24, 2.45) is 0 Å². The smallest absolute Gasteiger partial charge is 0.270 e. The van der Waals surface area contributed by atoms with Crippen LogP contribution in [0.4, 0.5) is 14.5 Å². The molecular formula is C15H15F2N3O3S. The Morgan fingerprint density at radius 3 is 2.33 bits per heavy atom. The lowest BCUT2D eigenvalue weighted by molar-refractivity contribution is 0.0787. The summed E-state index contributed by atoms with van der Waals surface area (Å²) in [4.78, 5) is 16.3. The minimum absolute atomic E-state index is 0.155. The van der Waals surface area contributed by atoms with E-state index in [4.69, 9.17) is 0 Å². The van der Waals surface area contributed by atoms with E-state index in [9.17, 15) is 22.0 Å². The van der Waals surface area contributed by atoms with Crippen molar-refractivity contribution in [3.8, 4) is 0 Å². The molecule has 6 nitrogen and oxygen atoms in total. The molecule has 1 aromatic carbocycles. The van der Waals surface area contributed by atoms with E-state index in [2.05, 4.69) is 9.71 Å². The van der Waals surface area contributed by atoms with Crippen LogP contribution in [0.15, 0.2) is 35.4 Å². The van der Waals surface area contributed by atoms with Crippen LogP contribution >= 0.6 is 0 Å². The highest BCUT2D eigenvalue weighted by atomic mass is 32.2. The summed E-state index contributed by atoms with van der Waals surface area (Å²) in [6, 6.07) is 3.58. The molecule has 9 heteroatoms. The Morgan fingerprint density at radius 1 is 1.08 bits per heavy atom. The van der Waals surface area contributed by atoms with Crippen LogP contribution < -0.4 is 4.72 Å². The molecule has 2 N–H and O–H groups in total. The van der Waals surface area contributed by atoms with Crippen LogP contribution in [0, 0.1) is 11.6 Å². The zero-order valence-corrected chi connectivity index (χ0v) is 13.4. The number of sulfonamides is 1. The van der Waals surface area contributed by atoms with Gasteiger partial charge in [0.1, 0.15) is 22.2 Å². The van der Waals surface area contributed by atoms with Gasteiger partial charge in [-0.25, -0.2) is 17.2 Å². The number of nitrogens with one attached hydrogen (secondary N) is 2. The highest BCUT2D eigenvalue weighted by molar-refractivity contribution is 7.92. The van der Waals surface area contributed by atoms with Crippen LogP contribution in [-0.4, -0.2) is 37.3 Å². The van der Waals surface area contributed by atoms with Gasteiger partial charge in [-0.3, -0.25) is 9.52 Å². The molecule has 2 heterocycles. The van der Waals surface area contributed by atoms with Gasteiger partial charge in [0.15, 0.2) is 0 Å². The molecule has 1 saturated heterocycles. The molecule has 1 aliphatic heterocycles. The molecule has 1 aliphatic rings. The second-order valence-electron chi connectivity index (χ2n) is 5.51.